The van der Waals surface area contributed by atoms with Gasteiger partial charge in [-0.25, -0.2) is 12.8 Å². The first-order chi connectivity index (χ1) is 13.9. The average Bonchev–Trinajstić information content (AvgIpc) is 2.99. The van der Waals surface area contributed by atoms with Gasteiger partial charge >= 0.3 is 0 Å². The molecule has 3 rings (SSSR count). The second-order valence-electron chi connectivity index (χ2n) is 7.05. The van der Waals surface area contributed by atoms with E-state index in [1.54, 1.807) is 12.1 Å². The van der Waals surface area contributed by atoms with E-state index in [9.17, 15) is 22.4 Å². The molecule has 0 spiro atoms. The summed E-state index contributed by atoms with van der Waals surface area (Å²) in [4.78, 5) is 24.3. The van der Waals surface area contributed by atoms with E-state index in [1.165, 1.54) is 28.7 Å². The van der Waals surface area contributed by atoms with E-state index in [1.807, 2.05) is 0 Å². The molecule has 0 aliphatic carbocycles. The molecule has 1 aliphatic rings. The molecular formula is C20H24FN3O4S. The number of nitrogens with one attached hydrogen (secondary N) is 1. The minimum Gasteiger partial charge on any atom is -0.350 e. The lowest BCUT2D eigenvalue weighted by molar-refractivity contribution is -0.121. The molecular weight excluding hydrogens is 397 g/mol. The second-order valence-corrected chi connectivity index (χ2v) is 8.99. The third-order valence-corrected chi connectivity index (χ3v) is 6.76. The van der Waals surface area contributed by atoms with Crippen LogP contribution < -0.4 is 10.9 Å². The molecule has 1 aromatic carbocycles. The Morgan fingerprint density at radius 2 is 1.66 bits per heavy atom. The summed E-state index contributed by atoms with van der Waals surface area (Å²) in [5.74, 6) is -0.810. The minimum absolute atomic E-state index is 0.00494. The summed E-state index contributed by atoms with van der Waals surface area (Å²) in [6, 6.07) is 8.14. The monoisotopic (exact) mass is 421 g/mol. The Hall–Kier alpha value is -2.52. The van der Waals surface area contributed by atoms with Crippen molar-refractivity contribution in [2.24, 2.45) is 0 Å². The van der Waals surface area contributed by atoms with Crippen LogP contribution in [0.15, 0.2) is 52.3 Å². The molecule has 0 bridgehead atoms. The Labute approximate surface area is 169 Å². The van der Waals surface area contributed by atoms with Gasteiger partial charge in [0.15, 0.2) is 0 Å². The van der Waals surface area contributed by atoms with Crippen molar-refractivity contribution in [2.45, 2.75) is 43.7 Å². The van der Waals surface area contributed by atoms with E-state index in [2.05, 4.69) is 5.32 Å². The van der Waals surface area contributed by atoms with Crippen molar-refractivity contribution in [2.75, 3.05) is 13.1 Å². The summed E-state index contributed by atoms with van der Waals surface area (Å²) in [5.41, 5.74) is 0.251. The Balaban J connectivity index is 1.70. The zero-order valence-corrected chi connectivity index (χ0v) is 16.8. The lowest BCUT2D eigenvalue weighted by atomic mass is 10.2. The largest absolute Gasteiger partial charge is 0.350 e. The average molecular weight is 421 g/mol. The van der Waals surface area contributed by atoms with Crippen LogP contribution in [0.3, 0.4) is 0 Å². The maximum absolute atomic E-state index is 12.9. The number of benzene rings is 1. The van der Waals surface area contributed by atoms with Crippen LogP contribution >= 0.6 is 0 Å². The molecule has 0 atom stereocenters. The second kappa shape index (κ2) is 9.32. The normalized spacial score (nSPS) is 15.6. The van der Waals surface area contributed by atoms with Crippen molar-refractivity contribution in [1.29, 1.82) is 0 Å². The molecule has 7 nitrogen and oxygen atoms in total. The number of pyridine rings is 1. The minimum atomic E-state index is -3.71. The number of carbonyl (C=O) groups is 1. The lowest BCUT2D eigenvalue weighted by Gasteiger charge is -2.20. The fourth-order valence-corrected chi connectivity index (χ4v) is 4.77. The van der Waals surface area contributed by atoms with Crippen molar-refractivity contribution in [3.05, 3.63) is 64.3 Å². The van der Waals surface area contributed by atoms with Gasteiger partial charge in [-0.2, -0.15) is 4.31 Å². The number of amides is 1. The van der Waals surface area contributed by atoms with E-state index < -0.39 is 21.5 Å². The molecule has 9 heteroatoms. The van der Waals surface area contributed by atoms with E-state index in [0.29, 0.717) is 18.7 Å². The van der Waals surface area contributed by atoms with Crippen LogP contribution in [0.2, 0.25) is 0 Å². The zero-order valence-electron chi connectivity index (χ0n) is 16.0. The van der Waals surface area contributed by atoms with Crippen LogP contribution in [0.25, 0.3) is 0 Å². The number of sulfonamides is 1. The van der Waals surface area contributed by atoms with Crippen LogP contribution in [0.4, 0.5) is 4.39 Å². The van der Waals surface area contributed by atoms with Gasteiger partial charge in [-0.1, -0.05) is 25.0 Å². The molecule has 29 heavy (non-hydrogen) atoms. The highest BCUT2D eigenvalue weighted by Crippen LogP contribution is 2.19. The summed E-state index contributed by atoms with van der Waals surface area (Å²) in [6.45, 7) is 0.794. The van der Waals surface area contributed by atoms with Gasteiger partial charge in [0.1, 0.15) is 12.4 Å². The third kappa shape index (κ3) is 5.51. The molecule has 1 N–H and O–H groups in total. The molecule has 156 valence electrons. The van der Waals surface area contributed by atoms with Crippen molar-refractivity contribution in [3.8, 4) is 0 Å². The summed E-state index contributed by atoms with van der Waals surface area (Å²) >= 11 is 0. The van der Waals surface area contributed by atoms with Crippen LogP contribution in [0.1, 0.15) is 31.2 Å². The third-order valence-electron chi connectivity index (χ3n) is 4.88. The van der Waals surface area contributed by atoms with Gasteiger partial charge in [0.25, 0.3) is 5.56 Å². The fourth-order valence-electron chi connectivity index (χ4n) is 3.23. The number of hydrogen-bond acceptors (Lipinski definition) is 4. The smallest absolute Gasteiger partial charge is 0.251 e. The number of halogens is 1. The first kappa shape index (κ1) is 21.2. The number of rotatable bonds is 6. The number of aromatic nitrogens is 1. The van der Waals surface area contributed by atoms with E-state index in [-0.39, 0.29) is 23.8 Å². The maximum Gasteiger partial charge on any atom is 0.251 e. The van der Waals surface area contributed by atoms with Gasteiger partial charge in [0.05, 0.1) is 4.90 Å². The summed E-state index contributed by atoms with van der Waals surface area (Å²) in [7, 11) is -3.71. The lowest BCUT2D eigenvalue weighted by Crippen LogP contribution is -2.34. The summed E-state index contributed by atoms with van der Waals surface area (Å²) in [5, 5.41) is 2.64. The first-order valence-corrected chi connectivity index (χ1v) is 11.0. The topological polar surface area (TPSA) is 88.5 Å². The highest BCUT2D eigenvalue weighted by atomic mass is 32.2. The number of hydrogen-bond donors (Lipinski definition) is 1. The van der Waals surface area contributed by atoms with Gasteiger partial charge in [-0.3, -0.25) is 9.59 Å². The Morgan fingerprint density at radius 1 is 1.00 bits per heavy atom. The van der Waals surface area contributed by atoms with Crippen molar-refractivity contribution >= 4 is 15.9 Å². The SMILES string of the molecule is O=C(Cn1cc(S(=O)(=O)N2CCCCCC2)ccc1=O)NCc1ccc(F)cc1. The predicted molar refractivity (Wildman–Crippen MR) is 106 cm³/mol. The van der Waals surface area contributed by atoms with Gasteiger partial charge < -0.3 is 9.88 Å². The van der Waals surface area contributed by atoms with Crippen molar-refractivity contribution < 1.29 is 17.6 Å². The maximum atomic E-state index is 12.9. The number of nitrogens with zero attached hydrogens (tertiary/aromatic N) is 2. The molecule has 1 amide bonds. The van der Waals surface area contributed by atoms with Gasteiger partial charge in [-0.15, -0.1) is 0 Å². The van der Waals surface area contributed by atoms with E-state index >= 15 is 0 Å². The quantitative estimate of drug-likeness (QED) is 0.771. The summed E-state index contributed by atoms with van der Waals surface area (Å²) in [6.07, 6.45) is 4.84. The Bertz CT molecular complexity index is 1010. The zero-order chi connectivity index (χ0) is 20.9. The standard InChI is InChI=1S/C20H24FN3O4S/c21-17-7-5-16(6-8-17)13-22-19(25)15-23-14-18(9-10-20(23)26)29(27,28)24-11-3-1-2-4-12-24/h5-10,14H,1-4,11-13,15H2,(H,22,25). The molecule has 0 unspecified atom stereocenters. The van der Waals surface area contributed by atoms with Crippen LogP contribution in [0.5, 0.6) is 0 Å². The molecule has 1 fully saturated rings. The molecule has 1 saturated heterocycles. The highest BCUT2D eigenvalue weighted by molar-refractivity contribution is 7.89. The summed E-state index contributed by atoms with van der Waals surface area (Å²) < 4.78 is 41.3. The first-order valence-electron chi connectivity index (χ1n) is 9.58. The molecule has 2 aromatic rings. The van der Waals surface area contributed by atoms with Crippen molar-refractivity contribution in [1.82, 2.24) is 14.2 Å². The fraction of sp³-hybridized carbons (Fsp3) is 0.400. The predicted octanol–water partition coefficient (Wildman–Crippen LogP) is 1.87. The molecule has 1 aliphatic heterocycles. The number of carbonyl (C=O) groups excluding carboxylic acids is 1. The molecule has 1 aromatic heterocycles. The Morgan fingerprint density at radius 3 is 2.31 bits per heavy atom. The van der Waals surface area contributed by atoms with Gasteiger partial charge in [0.2, 0.25) is 15.9 Å². The van der Waals surface area contributed by atoms with E-state index in [0.717, 1.165) is 36.3 Å². The Kier molecular flexibility index (Phi) is 6.81. The molecule has 0 radical (unpaired) electrons. The van der Waals surface area contributed by atoms with Crippen LogP contribution in [-0.4, -0.2) is 36.3 Å². The van der Waals surface area contributed by atoms with Crippen LogP contribution in [0, 0.1) is 5.82 Å². The molecule has 0 saturated carbocycles. The van der Waals surface area contributed by atoms with Crippen molar-refractivity contribution in [3.63, 3.8) is 0 Å². The van der Waals surface area contributed by atoms with Gasteiger partial charge in [-0.05, 0) is 36.6 Å². The molecule has 2 heterocycles. The highest BCUT2D eigenvalue weighted by Gasteiger charge is 2.25. The van der Waals surface area contributed by atoms with Gasteiger partial charge in [0, 0.05) is 31.9 Å². The van der Waals surface area contributed by atoms with E-state index in [4.69, 9.17) is 0 Å². The van der Waals surface area contributed by atoms with Crippen LogP contribution in [-0.2, 0) is 27.9 Å².